The van der Waals surface area contributed by atoms with Crippen molar-refractivity contribution < 1.29 is 18.0 Å². The quantitative estimate of drug-likeness (QED) is 0.647. The number of hydrogen-bond donors (Lipinski definition) is 1. The minimum Gasteiger partial charge on any atom is -0.355 e. The Morgan fingerprint density at radius 1 is 1.33 bits per heavy atom. The van der Waals surface area contributed by atoms with Crippen LogP contribution in [-0.2, 0) is 19.4 Å². The fourth-order valence-corrected chi connectivity index (χ4v) is 5.11. The Morgan fingerprint density at radius 3 is 2.83 bits per heavy atom. The molecule has 0 spiro atoms. The van der Waals surface area contributed by atoms with Crippen LogP contribution >= 0.6 is 0 Å². The van der Waals surface area contributed by atoms with E-state index in [1.54, 1.807) is 7.05 Å². The van der Waals surface area contributed by atoms with Gasteiger partial charge in [0.15, 0.2) is 9.84 Å². The molecular weight excluding hydrogens is 330 g/mol. The average molecular weight is 359 g/mol. The number of likely N-dealkylation sites (N-methyl/N-ethyl adjacent to an activating group) is 1. The molecule has 0 saturated carbocycles. The van der Waals surface area contributed by atoms with Crippen molar-refractivity contribution in [3.05, 3.63) is 0 Å². The maximum Gasteiger partial charge on any atom is 0.234 e. The van der Waals surface area contributed by atoms with Gasteiger partial charge in [0, 0.05) is 32.1 Å². The van der Waals surface area contributed by atoms with Crippen molar-refractivity contribution in [2.24, 2.45) is 0 Å². The lowest BCUT2D eigenvalue weighted by Crippen LogP contribution is -2.42. The molecule has 2 heterocycles. The number of rotatable bonds is 7. The third-order valence-electron chi connectivity index (χ3n) is 4.82. The van der Waals surface area contributed by atoms with E-state index in [-0.39, 0.29) is 35.9 Å². The van der Waals surface area contributed by atoms with Gasteiger partial charge in [0.1, 0.15) is 0 Å². The van der Waals surface area contributed by atoms with Crippen molar-refractivity contribution in [3.8, 4) is 0 Å². The molecule has 8 heteroatoms. The van der Waals surface area contributed by atoms with Crippen LogP contribution in [0.2, 0.25) is 0 Å². The summed E-state index contributed by atoms with van der Waals surface area (Å²) in [7, 11) is -1.14. The SMILES string of the molecule is CN(CC(=O)NCCCN1CCCCCC1=O)[C@H]1CCS(=O)(=O)C1. The number of hydrogen-bond acceptors (Lipinski definition) is 5. The van der Waals surface area contributed by atoms with E-state index in [4.69, 9.17) is 0 Å². The number of likely N-dealkylation sites (tertiary alicyclic amines) is 1. The van der Waals surface area contributed by atoms with Crippen molar-refractivity contribution in [2.75, 3.05) is 44.7 Å². The van der Waals surface area contributed by atoms with Gasteiger partial charge in [-0.2, -0.15) is 0 Å². The fraction of sp³-hybridized carbons (Fsp3) is 0.875. The van der Waals surface area contributed by atoms with Gasteiger partial charge in [-0.1, -0.05) is 6.42 Å². The van der Waals surface area contributed by atoms with E-state index < -0.39 is 9.84 Å². The number of nitrogens with one attached hydrogen (secondary N) is 1. The normalized spacial score (nSPS) is 24.2. The molecular formula is C16H29N3O4S. The highest BCUT2D eigenvalue weighted by Gasteiger charge is 2.31. The highest BCUT2D eigenvalue weighted by atomic mass is 32.2. The summed E-state index contributed by atoms with van der Waals surface area (Å²) in [6.07, 6.45) is 5.15. The molecule has 2 rings (SSSR count). The van der Waals surface area contributed by atoms with Crippen molar-refractivity contribution in [1.29, 1.82) is 0 Å². The molecule has 2 saturated heterocycles. The van der Waals surface area contributed by atoms with Crippen molar-refractivity contribution in [2.45, 2.75) is 44.6 Å². The predicted molar refractivity (Wildman–Crippen MR) is 92.4 cm³/mol. The molecule has 0 aliphatic carbocycles. The van der Waals surface area contributed by atoms with E-state index in [0.29, 0.717) is 25.9 Å². The first kappa shape index (κ1) is 19.2. The number of sulfone groups is 1. The van der Waals surface area contributed by atoms with E-state index >= 15 is 0 Å². The zero-order valence-electron chi connectivity index (χ0n) is 14.5. The predicted octanol–water partition coefficient (Wildman–Crippen LogP) is 0.0142. The monoisotopic (exact) mass is 359 g/mol. The van der Waals surface area contributed by atoms with Gasteiger partial charge >= 0.3 is 0 Å². The number of carbonyl (C=O) groups is 2. The van der Waals surface area contributed by atoms with E-state index in [1.807, 2.05) is 9.80 Å². The average Bonchev–Trinajstić information content (AvgIpc) is 2.76. The van der Waals surface area contributed by atoms with Crippen LogP contribution in [0.3, 0.4) is 0 Å². The molecule has 24 heavy (non-hydrogen) atoms. The third-order valence-corrected chi connectivity index (χ3v) is 6.57. The summed E-state index contributed by atoms with van der Waals surface area (Å²) in [5, 5.41) is 2.86. The number of nitrogens with zero attached hydrogens (tertiary/aromatic N) is 2. The van der Waals surface area contributed by atoms with Crippen LogP contribution < -0.4 is 5.32 Å². The number of amides is 2. The standard InChI is InChI=1S/C16H29N3O4S/c1-18(14-7-11-24(22,23)13-14)12-15(20)17-8-5-10-19-9-4-2-3-6-16(19)21/h14H,2-13H2,1H3,(H,17,20)/t14-/m0/s1. The summed E-state index contributed by atoms with van der Waals surface area (Å²) in [5.41, 5.74) is 0. The highest BCUT2D eigenvalue weighted by Crippen LogP contribution is 2.16. The van der Waals surface area contributed by atoms with Crippen LogP contribution in [0, 0.1) is 0 Å². The van der Waals surface area contributed by atoms with E-state index in [2.05, 4.69) is 5.32 Å². The second-order valence-electron chi connectivity index (χ2n) is 6.87. The summed E-state index contributed by atoms with van der Waals surface area (Å²) < 4.78 is 23.0. The molecule has 0 bridgehead atoms. The fourth-order valence-electron chi connectivity index (χ4n) is 3.31. The van der Waals surface area contributed by atoms with Gasteiger partial charge in [0.25, 0.3) is 0 Å². The van der Waals surface area contributed by atoms with Crippen LogP contribution in [-0.4, -0.2) is 80.8 Å². The maximum atomic E-state index is 12.0. The first-order valence-electron chi connectivity index (χ1n) is 8.82. The second kappa shape index (κ2) is 8.80. The second-order valence-corrected chi connectivity index (χ2v) is 9.10. The lowest BCUT2D eigenvalue weighted by Gasteiger charge is -2.23. The first-order chi connectivity index (χ1) is 11.4. The third kappa shape index (κ3) is 6.05. The Bertz CT molecular complexity index is 550. The van der Waals surface area contributed by atoms with E-state index in [1.165, 1.54) is 0 Å². The summed E-state index contributed by atoms with van der Waals surface area (Å²) in [6, 6.07) is -0.0597. The highest BCUT2D eigenvalue weighted by molar-refractivity contribution is 7.91. The van der Waals surface area contributed by atoms with Gasteiger partial charge in [0.2, 0.25) is 11.8 Å². The van der Waals surface area contributed by atoms with Gasteiger partial charge in [-0.15, -0.1) is 0 Å². The van der Waals surface area contributed by atoms with Gasteiger partial charge in [0.05, 0.1) is 18.1 Å². The van der Waals surface area contributed by atoms with Crippen LogP contribution in [0.25, 0.3) is 0 Å². The smallest absolute Gasteiger partial charge is 0.234 e. The minimum absolute atomic E-state index is 0.0597. The molecule has 138 valence electrons. The van der Waals surface area contributed by atoms with Crippen molar-refractivity contribution in [3.63, 3.8) is 0 Å². The summed E-state index contributed by atoms with van der Waals surface area (Å²) in [6.45, 7) is 2.27. The summed E-state index contributed by atoms with van der Waals surface area (Å²) in [4.78, 5) is 27.5. The molecule has 0 aromatic heterocycles. The molecule has 2 aliphatic rings. The van der Waals surface area contributed by atoms with E-state index in [0.717, 1.165) is 32.2 Å². The van der Waals surface area contributed by atoms with Crippen LogP contribution in [0.5, 0.6) is 0 Å². The van der Waals surface area contributed by atoms with Crippen LogP contribution in [0.1, 0.15) is 38.5 Å². The molecule has 0 radical (unpaired) electrons. The van der Waals surface area contributed by atoms with Gasteiger partial charge < -0.3 is 10.2 Å². The molecule has 0 aromatic rings. The van der Waals surface area contributed by atoms with Crippen LogP contribution in [0.15, 0.2) is 0 Å². The maximum absolute atomic E-state index is 12.0. The van der Waals surface area contributed by atoms with Crippen molar-refractivity contribution >= 4 is 21.7 Å². The molecule has 7 nitrogen and oxygen atoms in total. The van der Waals surface area contributed by atoms with Crippen molar-refractivity contribution in [1.82, 2.24) is 15.1 Å². The summed E-state index contributed by atoms with van der Waals surface area (Å²) >= 11 is 0. The van der Waals surface area contributed by atoms with E-state index in [9.17, 15) is 18.0 Å². The number of carbonyl (C=O) groups excluding carboxylic acids is 2. The Hall–Kier alpha value is -1.15. The lowest BCUT2D eigenvalue weighted by atomic mass is 10.2. The zero-order chi connectivity index (χ0) is 17.6. The Morgan fingerprint density at radius 2 is 2.12 bits per heavy atom. The zero-order valence-corrected chi connectivity index (χ0v) is 15.3. The first-order valence-corrected chi connectivity index (χ1v) is 10.6. The van der Waals surface area contributed by atoms with Gasteiger partial charge in [-0.05, 0) is 32.7 Å². The Balaban J connectivity index is 1.62. The minimum atomic E-state index is -2.93. The molecule has 1 N–H and O–H groups in total. The molecule has 2 amide bonds. The molecule has 2 fully saturated rings. The lowest BCUT2D eigenvalue weighted by molar-refractivity contribution is -0.130. The Labute approximate surface area is 144 Å². The molecule has 0 aromatic carbocycles. The van der Waals surface area contributed by atoms with Gasteiger partial charge in [-0.25, -0.2) is 8.42 Å². The van der Waals surface area contributed by atoms with Gasteiger partial charge in [-0.3, -0.25) is 14.5 Å². The largest absolute Gasteiger partial charge is 0.355 e. The van der Waals surface area contributed by atoms with Crippen LogP contribution in [0.4, 0.5) is 0 Å². The molecule has 0 unspecified atom stereocenters. The topological polar surface area (TPSA) is 86.8 Å². The molecule has 2 aliphatic heterocycles. The summed E-state index contributed by atoms with van der Waals surface area (Å²) in [5.74, 6) is 0.492. The Kier molecular flexibility index (Phi) is 7.03. The molecule has 1 atom stereocenters.